The Bertz CT molecular complexity index is 901. The minimum atomic E-state index is -0.201. The normalized spacial score (nSPS) is 12.2. The second-order valence-corrected chi connectivity index (χ2v) is 6.41. The SMILES string of the molecule is COc1ccc2cc([C@H](C)C(=O)N(C)Cc3cnn(C)c3)ccc2c1. The number of hydrogen-bond acceptors (Lipinski definition) is 3. The van der Waals surface area contributed by atoms with Gasteiger partial charge in [-0.25, -0.2) is 0 Å². The predicted molar refractivity (Wildman–Crippen MR) is 98.6 cm³/mol. The van der Waals surface area contributed by atoms with Crippen molar-refractivity contribution in [2.75, 3.05) is 14.2 Å². The van der Waals surface area contributed by atoms with E-state index in [2.05, 4.69) is 11.2 Å². The molecule has 0 N–H and O–H groups in total. The minimum absolute atomic E-state index is 0.0942. The van der Waals surface area contributed by atoms with Gasteiger partial charge in [0.1, 0.15) is 5.75 Å². The van der Waals surface area contributed by atoms with E-state index >= 15 is 0 Å². The predicted octanol–water partition coefficient (Wildman–Crippen LogP) is 3.34. The third kappa shape index (κ3) is 3.65. The maximum atomic E-state index is 12.8. The van der Waals surface area contributed by atoms with Crippen LogP contribution in [0.15, 0.2) is 48.8 Å². The van der Waals surface area contributed by atoms with E-state index in [-0.39, 0.29) is 11.8 Å². The molecule has 0 radical (unpaired) electrons. The lowest BCUT2D eigenvalue weighted by molar-refractivity contribution is -0.131. The van der Waals surface area contributed by atoms with E-state index < -0.39 is 0 Å². The number of amides is 1. The molecule has 5 heteroatoms. The molecular formula is C20H23N3O2. The molecule has 2 aromatic carbocycles. The van der Waals surface area contributed by atoms with Crippen molar-refractivity contribution in [1.29, 1.82) is 0 Å². The van der Waals surface area contributed by atoms with Crippen LogP contribution in [0.5, 0.6) is 5.75 Å². The van der Waals surface area contributed by atoms with E-state index in [1.807, 2.05) is 57.5 Å². The Hall–Kier alpha value is -2.82. The van der Waals surface area contributed by atoms with Crippen molar-refractivity contribution < 1.29 is 9.53 Å². The first-order valence-electron chi connectivity index (χ1n) is 8.28. The number of carbonyl (C=O) groups is 1. The summed E-state index contributed by atoms with van der Waals surface area (Å²) in [4.78, 5) is 14.5. The number of rotatable bonds is 5. The highest BCUT2D eigenvalue weighted by molar-refractivity contribution is 5.88. The lowest BCUT2D eigenvalue weighted by Crippen LogP contribution is -2.30. The van der Waals surface area contributed by atoms with Gasteiger partial charge in [0.15, 0.2) is 0 Å². The van der Waals surface area contributed by atoms with Gasteiger partial charge in [0.05, 0.1) is 19.2 Å². The summed E-state index contributed by atoms with van der Waals surface area (Å²) in [5, 5.41) is 6.36. The molecule has 5 nitrogen and oxygen atoms in total. The highest BCUT2D eigenvalue weighted by Gasteiger charge is 2.20. The number of ether oxygens (including phenoxy) is 1. The Labute approximate surface area is 147 Å². The first-order valence-corrected chi connectivity index (χ1v) is 8.28. The molecule has 1 amide bonds. The van der Waals surface area contributed by atoms with Gasteiger partial charge in [-0.3, -0.25) is 9.48 Å². The smallest absolute Gasteiger partial charge is 0.229 e. The van der Waals surface area contributed by atoms with Crippen molar-refractivity contribution >= 4 is 16.7 Å². The van der Waals surface area contributed by atoms with Crippen molar-refractivity contribution in [3.05, 3.63) is 59.9 Å². The molecule has 0 unspecified atom stereocenters. The van der Waals surface area contributed by atoms with Crippen LogP contribution in [0.25, 0.3) is 10.8 Å². The fraction of sp³-hybridized carbons (Fsp3) is 0.300. The molecule has 0 aliphatic heterocycles. The van der Waals surface area contributed by atoms with E-state index in [1.165, 1.54) is 0 Å². The maximum absolute atomic E-state index is 12.8. The Morgan fingerprint density at radius 2 is 1.96 bits per heavy atom. The summed E-state index contributed by atoms with van der Waals surface area (Å²) in [5.74, 6) is 0.727. The summed E-state index contributed by atoms with van der Waals surface area (Å²) < 4.78 is 7.01. The second kappa shape index (κ2) is 6.97. The maximum Gasteiger partial charge on any atom is 0.229 e. The van der Waals surface area contributed by atoms with E-state index in [1.54, 1.807) is 22.9 Å². The van der Waals surface area contributed by atoms with Crippen molar-refractivity contribution in [2.24, 2.45) is 7.05 Å². The van der Waals surface area contributed by atoms with Gasteiger partial charge in [0.25, 0.3) is 0 Å². The highest BCUT2D eigenvalue weighted by atomic mass is 16.5. The van der Waals surface area contributed by atoms with Gasteiger partial charge in [-0.1, -0.05) is 24.3 Å². The zero-order valence-corrected chi connectivity index (χ0v) is 15.1. The molecule has 130 valence electrons. The topological polar surface area (TPSA) is 47.4 Å². The molecular weight excluding hydrogens is 314 g/mol. The van der Waals surface area contributed by atoms with Crippen LogP contribution in [0.4, 0.5) is 0 Å². The Morgan fingerprint density at radius 1 is 1.24 bits per heavy atom. The first kappa shape index (κ1) is 17.0. The lowest BCUT2D eigenvalue weighted by atomic mass is 9.96. The number of aryl methyl sites for hydroxylation is 1. The molecule has 0 saturated heterocycles. The quantitative estimate of drug-likeness (QED) is 0.717. The summed E-state index contributed by atoms with van der Waals surface area (Å²) in [6.07, 6.45) is 3.72. The molecule has 3 rings (SSSR count). The summed E-state index contributed by atoms with van der Waals surface area (Å²) in [5.41, 5.74) is 2.04. The van der Waals surface area contributed by atoms with Crippen molar-refractivity contribution in [3.8, 4) is 5.75 Å². The van der Waals surface area contributed by atoms with E-state index in [4.69, 9.17) is 4.74 Å². The first-order chi connectivity index (χ1) is 12.0. The number of methoxy groups -OCH3 is 1. The third-order valence-corrected chi connectivity index (χ3v) is 4.50. The Kier molecular flexibility index (Phi) is 4.74. The number of fused-ring (bicyclic) bond motifs is 1. The van der Waals surface area contributed by atoms with Crippen molar-refractivity contribution in [3.63, 3.8) is 0 Å². The van der Waals surface area contributed by atoms with Gasteiger partial charge >= 0.3 is 0 Å². The Balaban J connectivity index is 1.77. The van der Waals surface area contributed by atoms with Gasteiger partial charge in [-0.05, 0) is 35.4 Å². The van der Waals surface area contributed by atoms with Crippen LogP contribution in [0, 0.1) is 0 Å². The zero-order valence-electron chi connectivity index (χ0n) is 15.1. The van der Waals surface area contributed by atoms with Crippen molar-refractivity contribution in [1.82, 2.24) is 14.7 Å². The van der Waals surface area contributed by atoms with Gasteiger partial charge < -0.3 is 9.64 Å². The van der Waals surface area contributed by atoms with Gasteiger partial charge in [0.2, 0.25) is 5.91 Å². The zero-order chi connectivity index (χ0) is 18.0. The second-order valence-electron chi connectivity index (χ2n) is 6.41. The summed E-state index contributed by atoms with van der Waals surface area (Å²) in [7, 11) is 5.37. The summed E-state index contributed by atoms with van der Waals surface area (Å²) in [6, 6.07) is 12.1. The number of aromatic nitrogens is 2. The molecule has 0 aliphatic carbocycles. The van der Waals surface area contributed by atoms with Crippen molar-refractivity contribution in [2.45, 2.75) is 19.4 Å². The monoisotopic (exact) mass is 337 g/mol. The average Bonchev–Trinajstić information content (AvgIpc) is 3.04. The van der Waals surface area contributed by atoms with Gasteiger partial charge in [-0.2, -0.15) is 5.10 Å². The Morgan fingerprint density at radius 3 is 2.64 bits per heavy atom. The van der Waals surface area contributed by atoms with Crippen LogP contribution in [0.2, 0.25) is 0 Å². The number of hydrogen-bond donors (Lipinski definition) is 0. The highest BCUT2D eigenvalue weighted by Crippen LogP contribution is 2.26. The van der Waals surface area contributed by atoms with Gasteiger partial charge in [-0.15, -0.1) is 0 Å². The summed E-state index contributed by atoms with van der Waals surface area (Å²) in [6.45, 7) is 2.51. The van der Waals surface area contributed by atoms with Crippen LogP contribution in [0.3, 0.4) is 0 Å². The van der Waals surface area contributed by atoms with Crippen LogP contribution in [-0.2, 0) is 18.4 Å². The van der Waals surface area contributed by atoms with Gasteiger partial charge in [0, 0.05) is 32.4 Å². The molecule has 0 bridgehead atoms. The molecule has 3 aromatic rings. The van der Waals surface area contributed by atoms with E-state index in [0.29, 0.717) is 6.54 Å². The van der Waals surface area contributed by atoms with Crippen LogP contribution < -0.4 is 4.74 Å². The van der Waals surface area contributed by atoms with Crippen LogP contribution >= 0.6 is 0 Å². The third-order valence-electron chi connectivity index (χ3n) is 4.50. The largest absolute Gasteiger partial charge is 0.497 e. The summed E-state index contributed by atoms with van der Waals surface area (Å²) >= 11 is 0. The fourth-order valence-electron chi connectivity index (χ4n) is 3.02. The average molecular weight is 337 g/mol. The van der Waals surface area contributed by atoms with E-state index in [0.717, 1.165) is 27.6 Å². The minimum Gasteiger partial charge on any atom is -0.497 e. The molecule has 1 aromatic heterocycles. The number of likely N-dealkylation sites (N-methyl/N-ethyl adjacent to an activating group) is 1. The molecule has 0 saturated carbocycles. The fourth-order valence-corrected chi connectivity index (χ4v) is 3.02. The lowest BCUT2D eigenvalue weighted by Gasteiger charge is -2.21. The molecule has 0 aliphatic rings. The molecule has 1 atom stereocenters. The number of nitrogens with zero attached hydrogens (tertiary/aromatic N) is 3. The molecule has 0 fully saturated rings. The molecule has 1 heterocycles. The van der Waals surface area contributed by atoms with Crippen LogP contribution in [-0.4, -0.2) is 34.7 Å². The molecule has 25 heavy (non-hydrogen) atoms. The number of benzene rings is 2. The number of carbonyl (C=O) groups excluding carboxylic acids is 1. The molecule has 0 spiro atoms. The van der Waals surface area contributed by atoms with E-state index in [9.17, 15) is 4.79 Å². The standard InChI is InChI=1S/C20H23N3O2/c1-14(20(24)22(2)12-15-11-21-23(3)13-15)16-5-6-18-10-19(25-4)8-7-17(18)9-16/h5-11,13-14H,12H2,1-4H3/t14-/m0/s1. The van der Waals surface area contributed by atoms with Crippen LogP contribution in [0.1, 0.15) is 24.0 Å².